The largest absolute Gasteiger partial charge is 0.465 e. The van der Waals surface area contributed by atoms with Crippen LogP contribution in [0.5, 0.6) is 0 Å². The quantitative estimate of drug-likeness (QED) is 0.178. The molecule has 2 saturated heterocycles. The molecule has 58 heavy (non-hydrogen) atoms. The van der Waals surface area contributed by atoms with E-state index in [9.17, 15) is 14.4 Å². The maximum absolute atomic E-state index is 14.7. The minimum absolute atomic E-state index is 0.101. The highest BCUT2D eigenvalue weighted by Crippen LogP contribution is 2.57. The molecule has 1 aliphatic carbocycles. The molecule has 1 unspecified atom stereocenters. The van der Waals surface area contributed by atoms with Crippen LogP contribution in [0.1, 0.15) is 81.7 Å². The first kappa shape index (κ1) is 40.3. The zero-order chi connectivity index (χ0) is 41.1. The maximum atomic E-state index is 14.7. The Kier molecular flexibility index (Phi) is 10.9. The summed E-state index contributed by atoms with van der Waals surface area (Å²) in [7, 11) is 5.85. The van der Waals surface area contributed by atoms with E-state index in [0.29, 0.717) is 43.5 Å². The van der Waals surface area contributed by atoms with Crippen molar-refractivity contribution in [2.24, 2.45) is 11.3 Å². The first-order valence-electron chi connectivity index (χ1n) is 20.4. The van der Waals surface area contributed by atoms with E-state index in [2.05, 4.69) is 79.3 Å². The van der Waals surface area contributed by atoms with Gasteiger partial charge in [-0.2, -0.15) is 0 Å². The summed E-state index contributed by atoms with van der Waals surface area (Å²) in [5, 5.41) is 8.42. The summed E-state index contributed by atoms with van der Waals surface area (Å²) >= 11 is 7.32. The Hall–Kier alpha value is -4.44. The number of hydrogen-bond donors (Lipinski definition) is 2. The van der Waals surface area contributed by atoms with Crippen LogP contribution in [0.25, 0.3) is 33.4 Å². The molecule has 13 nitrogen and oxygen atoms in total. The van der Waals surface area contributed by atoms with Crippen LogP contribution < -0.4 is 10.7 Å². The summed E-state index contributed by atoms with van der Waals surface area (Å²) < 4.78 is 14.9. The second kappa shape index (κ2) is 15.6. The summed E-state index contributed by atoms with van der Waals surface area (Å²) in [5.41, 5.74) is 7.99. The first-order valence-corrected chi connectivity index (χ1v) is 21.6. The number of amides is 3. The molecule has 0 spiro atoms. The Morgan fingerprint density at radius 1 is 1.14 bits per heavy atom. The normalized spacial score (nSPS) is 25.2. The Bertz CT molecular complexity index is 2260. The van der Waals surface area contributed by atoms with Crippen molar-refractivity contribution < 1.29 is 23.9 Å². The number of esters is 1. The zero-order valence-electron chi connectivity index (χ0n) is 34.5. The smallest absolute Gasteiger partial charge is 0.318 e. The van der Waals surface area contributed by atoms with Gasteiger partial charge in [-0.3, -0.25) is 25.0 Å². The fraction of sp³-hybridized carbons (Fsp3) is 0.535. The molecule has 2 N–H and O–H groups in total. The van der Waals surface area contributed by atoms with E-state index in [-0.39, 0.29) is 35.9 Å². The van der Waals surface area contributed by atoms with E-state index in [0.717, 1.165) is 64.1 Å². The molecule has 0 saturated carbocycles. The molecule has 6 bridgehead atoms. The van der Waals surface area contributed by atoms with Crippen LogP contribution in [0.3, 0.4) is 0 Å². The van der Waals surface area contributed by atoms with Gasteiger partial charge < -0.3 is 29.2 Å². The minimum atomic E-state index is -1.38. The number of pyridine rings is 1. The molecule has 15 heteroatoms. The van der Waals surface area contributed by atoms with E-state index in [1.54, 1.807) is 18.9 Å². The van der Waals surface area contributed by atoms with Gasteiger partial charge in [-0.25, -0.2) is 9.78 Å². The number of hydrazine groups is 1. The van der Waals surface area contributed by atoms with Crippen molar-refractivity contribution in [1.82, 2.24) is 40.1 Å². The number of likely N-dealkylation sites (tertiary alicyclic amines) is 1. The Balaban J connectivity index is 1.25. The number of piperidine rings is 1. The van der Waals surface area contributed by atoms with Gasteiger partial charge in [0.15, 0.2) is 0 Å². The minimum Gasteiger partial charge on any atom is -0.465 e. The SMILES string of the molecule is CCn1c2c3c4cc(ccc41)-c1csc(n1)C[C@](C)(NC(=O)N1CCC(N(C)C)CC1)C(=O)N1CCC[C@@H](C(=O)OCC(C)(C)C3[C@H](OC)c3ncccc3-2)C(=S)N1. The zero-order valence-corrected chi connectivity index (χ0v) is 36.1. The number of cyclic esters (lactones) is 1. The highest BCUT2D eigenvalue weighted by Gasteiger charge is 2.48. The van der Waals surface area contributed by atoms with E-state index in [1.807, 2.05) is 17.6 Å². The number of methoxy groups -OCH3 is 1. The number of carbonyl (C=O) groups excluding carboxylic acids is 3. The van der Waals surface area contributed by atoms with Crippen molar-refractivity contribution in [2.75, 3.05) is 47.4 Å². The molecule has 0 radical (unpaired) electrons. The number of hydrogen-bond acceptors (Lipinski definition) is 10. The lowest BCUT2D eigenvalue weighted by Crippen LogP contribution is -2.64. The third kappa shape index (κ3) is 7.07. The fourth-order valence-electron chi connectivity index (χ4n) is 9.55. The van der Waals surface area contributed by atoms with Crippen LogP contribution >= 0.6 is 23.6 Å². The van der Waals surface area contributed by atoms with Crippen molar-refractivity contribution in [2.45, 2.75) is 89.9 Å². The van der Waals surface area contributed by atoms with Crippen LogP contribution in [0.15, 0.2) is 41.9 Å². The summed E-state index contributed by atoms with van der Waals surface area (Å²) in [4.78, 5) is 57.0. The van der Waals surface area contributed by atoms with E-state index >= 15 is 0 Å². The number of aromatic nitrogens is 3. The van der Waals surface area contributed by atoms with Gasteiger partial charge in [0.25, 0.3) is 5.91 Å². The van der Waals surface area contributed by atoms with Crippen molar-refractivity contribution in [3.63, 3.8) is 0 Å². The second-order valence-corrected chi connectivity index (χ2v) is 18.7. The van der Waals surface area contributed by atoms with Gasteiger partial charge in [0.1, 0.15) is 22.5 Å². The van der Waals surface area contributed by atoms with Crippen LogP contribution in [0, 0.1) is 11.3 Å². The number of thiazole rings is 1. The van der Waals surface area contributed by atoms with Gasteiger partial charge in [0.05, 0.1) is 28.7 Å². The van der Waals surface area contributed by atoms with Gasteiger partial charge in [-0.1, -0.05) is 32.1 Å². The predicted octanol–water partition coefficient (Wildman–Crippen LogP) is 6.32. The van der Waals surface area contributed by atoms with Crippen molar-refractivity contribution >= 4 is 57.4 Å². The van der Waals surface area contributed by atoms with E-state index < -0.39 is 28.9 Å². The van der Waals surface area contributed by atoms with Crippen molar-refractivity contribution in [3.05, 3.63) is 58.2 Å². The summed E-state index contributed by atoms with van der Waals surface area (Å²) in [6.45, 7) is 10.5. The number of rotatable bonds is 4. The van der Waals surface area contributed by atoms with Crippen LogP contribution in [0.2, 0.25) is 0 Å². The third-order valence-corrected chi connectivity index (χ3v) is 14.0. The van der Waals surface area contributed by atoms with Crippen LogP contribution in [-0.2, 0) is 32.0 Å². The molecule has 1 aromatic carbocycles. The Labute approximate surface area is 349 Å². The van der Waals surface area contributed by atoms with Gasteiger partial charge in [0.2, 0.25) is 0 Å². The highest BCUT2D eigenvalue weighted by molar-refractivity contribution is 7.80. The number of nitrogens with one attached hydrogen (secondary N) is 2. The molecule has 308 valence electrons. The number of thiocarbonyl (C=S) groups is 1. The number of benzene rings is 1. The van der Waals surface area contributed by atoms with Crippen LogP contribution in [-0.4, -0.2) is 111 Å². The van der Waals surface area contributed by atoms with E-state index in [4.69, 9.17) is 31.7 Å². The molecule has 2 fully saturated rings. The third-order valence-electron chi connectivity index (χ3n) is 12.7. The van der Waals surface area contributed by atoms with E-state index in [1.165, 1.54) is 16.3 Å². The molecular weight excluding hydrogens is 773 g/mol. The average molecular weight is 827 g/mol. The predicted molar refractivity (Wildman–Crippen MR) is 228 cm³/mol. The number of fused-ring (bicyclic) bond motifs is 9. The second-order valence-electron chi connectivity index (χ2n) is 17.3. The lowest BCUT2D eigenvalue weighted by atomic mass is 9.67. The molecule has 4 aromatic rings. The lowest BCUT2D eigenvalue weighted by molar-refractivity contribution is -0.150. The number of aryl methyl sites for hydroxylation is 1. The van der Waals surface area contributed by atoms with Crippen molar-refractivity contribution in [1.29, 1.82) is 0 Å². The molecule has 3 aliphatic heterocycles. The number of urea groups is 1. The Morgan fingerprint density at radius 3 is 2.64 bits per heavy atom. The maximum Gasteiger partial charge on any atom is 0.318 e. The average Bonchev–Trinajstić information content (AvgIpc) is 3.75. The topological polar surface area (TPSA) is 134 Å². The number of carbonyl (C=O) groups is 3. The summed E-state index contributed by atoms with van der Waals surface area (Å²) in [5.74, 6) is -1.78. The molecular formula is C43H54N8O5S2. The molecule has 4 aliphatic rings. The molecule has 6 heterocycles. The molecule has 8 rings (SSSR count). The summed E-state index contributed by atoms with van der Waals surface area (Å²) in [6, 6.07) is 10.7. The monoisotopic (exact) mass is 826 g/mol. The van der Waals surface area contributed by atoms with Gasteiger partial charge in [0, 0.05) is 90.7 Å². The lowest BCUT2D eigenvalue weighted by Gasteiger charge is -2.42. The van der Waals surface area contributed by atoms with Crippen LogP contribution in [0.4, 0.5) is 4.79 Å². The fourth-order valence-corrected chi connectivity index (χ4v) is 10.8. The standard InChI is InChI=1S/C43H54N8O5S2/c1-8-50-31-14-13-25-21-29(31)33-34(37(55-7)35-27(36(33)50)11-9-17-44-35)42(2,3)24-56-39(52)28-12-10-18-51(47-38(28)57)40(53)43(4,22-32-45-30(25)23-58-32)46-41(54)49-19-15-26(16-20-49)48(5)6/h9,11,13-14,17,21,23,26,28,34,37H,8,10,12,15-16,18-20,22,24H2,1-7H3,(H,46,54)(H,47,57)/t28-,34?,37+,43+/m1/s1. The molecule has 3 aromatic heterocycles. The number of nitrogens with zero attached hydrogens (tertiary/aromatic N) is 6. The van der Waals surface area contributed by atoms with Gasteiger partial charge in [-0.15, -0.1) is 11.3 Å². The van der Waals surface area contributed by atoms with Gasteiger partial charge in [-0.05, 0) is 83.5 Å². The Morgan fingerprint density at radius 2 is 1.91 bits per heavy atom. The number of ether oxygens (including phenoxy) is 2. The van der Waals surface area contributed by atoms with Gasteiger partial charge >= 0.3 is 12.0 Å². The van der Waals surface area contributed by atoms with Crippen molar-refractivity contribution in [3.8, 4) is 22.5 Å². The molecule has 4 atom stereocenters. The first-order chi connectivity index (χ1) is 27.7. The highest BCUT2D eigenvalue weighted by atomic mass is 32.1. The summed E-state index contributed by atoms with van der Waals surface area (Å²) in [6.07, 6.45) is 4.17. The molecule has 3 amide bonds.